The molecule has 2 atom stereocenters. The van der Waals surface area contributed by atoms with E-state index in [9.17, 15) is 18.3 Å². The van der Waals surface area contributed by atoms with Crippen LogP contribution in [0.2, 0.25) is 5.15 Å². The first-order valence-corrected chi connectivity index (χ1v) is 11.2. The van der Waals surface area contributed by atoms with Gasteiger partial charge in [-0.15, -0.1) is 0 Å². The van der Waals surface area contributed by atoms with Crippen molar-refractivity contribution in [1.82, 2.24) is 19.9 Å². The molecular formula is C21H23ClF3N5O3. The molecule has 3 saturated heterocycles. The lowest BCUT2D eigenvalue weighted by Crippen LogP contribution is -2.43. The molecule has 178 valence electrons. The van der Waals surface area contributed by atoms with Gasteiger partial charge in [0.05, 0.1) is 30.2 Å². The Labute approximate surface area is 193 Å². The van der Waals surface area contributed by atoms with Gasteiger partial charge in [-0.3, -0.25) is 4.90 Å². The van der Waals surface area contributed by atoms with E-state index in [1.807, 2.05) is 4.90 Å². The van der Waals surface area contributed by atoms with Crippen molar-refractivity contribution in [3.63, 3.8) is 0 Å². The fourth-order valence-electron chi connectivity index (χ4n) is 4.95. The molecule has 3 aliphatic heterocycles. The molecule has 33 heavy (non-hydrogen) atoms. The average Bonchev–Trinajstić information content (AvgIpc) is 3.26. The number of aliphatic hydroxyl groups excluding tert-OH is 1. The predicted molar refractivity (Wildman–Crippen MR) is 114 cm³/mol. The lowest BCUT2D eigenvalue weighted by atomic mass is 9.94. The van der Waals surface area contributed by atoms with Gasteiger partial charge >= 0.3 is 6.01 Å². The van der Waals surface area contributed by atoms with Crippen LogP contribution in [-0.2, 0) is 4.74 Å². The quantitative estimate of drug-likeness (QED) is 0.662. The normalized spacial score (nSPS) is 26.0. The van der Waals surface area contributed by atoms with E-state index in [1.54, 1.807) is 4.90 Å². The maximum atomic E-state index is 14.8. The minimum absolute atomic E-state index is 0.0581. The fourth-order valence-corrected chi connectivity index (χ4v) is 5.09. The van der Waals surface area contributed by atoms with E-state index in [1.165, 1.54) is 6.20 Å². The molecule has 1 N–H and O–H groups in total. The first-order valence-electron chi connectivity index (χ1n) is 10.8. The SMILES string of the molecule is O[C@@H]1COCCN(c2nc(OC[C@@]34CCCN3CC(=C(F)F)C4)nc3c(F)c(Cl)ncc23)C1. The topological polar surface area (TPSA) is 83.8 Å². The molecule has 0 aromatic carbocycles. The van der Waals surface area contributed by atoms with Crippen LogP contribution in [0.5, 0.6) is 6.01 Å². The van der Waals surface area contributed by atoms with Crippen LogP contribution < -0.4 is 9.64 Å². The zero-order chi connectivity index (χ0) is 23.2. The van der Waals surface area contributed by atoms with Crippen LogP contribution in [0, 0.1) is 5.82 Å². The number of anilines is 1. The van der Waals surface area contributed by atoms with Crippen molar-refractivity contribution in [2.75, 3.05) is 50.9 Å². The van der Waals surface area contributed by atoms with E-state index in [0.29, 0.717) is 37.3 Å². The molecule has 0 saturated carbocycles. The minimum Gasteiger partial charge on any atom is -0.461 e. The highest BCUT2D eigenvalue weighted by molar-refractivity contribution is 6.30. The molecule has 0 amide bonds. The fraction of sp³-hybridized carbons (Fsp3) is 0.571. The second kappa shape index (κ2) is 8.86. The molecule has 5 heterocycles. The van der Waals surface area contributed by atoms with Crippen LogP contribution in [0.4, 0.5) is 19.0 Å². The summed E-state index contributed by atoms with van der Waals surface area (Å²) >= 11 is 5.88. The summed E-state index contributed by atoms with van der Waals surface area (Å²) in [6.07, 6.45) is 0.805. The van der Waals surface area contributed by atoms with E-state index < -0.39 is 23.5 Å². The van der Waals surface area contributed by atoms with Gasteiger partial charge < -0.3 is 19.5 Å². The standard InChI is InChI=1S/C21H23ClF3N5O3/c22-17-15(23)16-14(7-26-17)19(29-4-5-32-10-13(31)9-29)28-20(27-16)33-11-21-2-1-3-30(21)8-12(6-21)18(24)25/h7,13,31H,1-6,8-11H2/t13-,21-/m0/s1. The lowest BCUT2D eigenvalue weighted by molar-refractivity contribution is 0.0597. The Morgan fingerprint density at radius 2 is 2.18 bits per heavy atom. The molecule has 0 aliphatic carbocycles. The molecule has 2 aromatic rings. The second-order valence-corrected chi connectivity index (χ2v) is 9.07. The molecule has 3 fully saturated rings. The van der Waals surface area contributed by atoms with Crippen molar-refractivity contribution >= 4 is 28.3 Å². The summed E-state index contributed by atoms with van der Waals surface area (Å²) in [7, 11) is 0. The average molecular weight is 486 g/mol. The van der Waals surface area contributed by atoms with Crippen LogP contribution in [0.15, 0.2) is 17.9 Å². The summed E-state index contributed by atoms with van der Waals surface area (Å²) in [5, 5.41) is 10.1. The summed E-state index contributed by atoms with van der Waals surface area (Å²) in [5.74, 6) is -0.467. The number of β-amino-alcohol motifs (C(OH)–C–C–N with tert-alkyl or cyclic N) is 1. The number of pyridine rings is 1. The van der Waals surface area contributed by atoms with Gasteiger partial charge in [0, 0.05) is 31.4 Å². The van der Waals surface area contributed by atoms with Gasteiger partial charge in [-0.25, -0.2) is 9.37 Å². The molecule has 0 unspecified atom stereocenters. The number of hydrogen-bond acceptors (Lipinski definition) is 8. The number of nitrogens with zero attached hydrogens (tertiary/aromatic N) is 5. The summed E-state index contributed by atoms with van der Waals surface area (Å²) < 4.78 is 52.7. The van der Waals surface area contributed by atoms with Crippen LogP contribution in [-0.4, -0.2) is 82.6 Å². The third-order valence-electron chi connectivity index (χ3n) is 6.55. The molecule has 0 spiro atoms. The van der Waals surface area contributed by atoms with Crippen molar-refractivity contribution in [2.45, 2.75) is 30.9 Å². The number of rotatable bonds is 4. The predicted octanol–water partition coefficient (Wildman–Crippen LogP) is 2.78. The summed E-state index contributed by atoms with van der Waals surface area (Å²) in [6.45, 7) is 2.19. The van der Waals surface area contributed by atoms with Crippen LogP contribution in [0.3, 0.4) is 0 Å². The minimum atomic E-state index is -1.64. The number of halogens is 4. The Hall–Kier alpha value is -2.21. The molecule has 2 aromatic heterocycles. The van der Waals surface area contributed by atoms with Crippen LogP contribution in [0.1, 0.15) is 19.3 Å². The highest BCUT2D eigenvalue weighted by Gasteiger charge is 2.48. The van der Waals surface area contributed by atoms with E-state index in [0.717, 1.165) is 6.42 Å². The smallest absolute Gasteiger partial charge is 0.319 e. The van der Waals surface area contributed by atoms with Crippen LogP contribution in [0.25, 0.3) is 10.9 Å². The number of hydrogen-bond donors (Lipinski definition) is 1. The van der Waals surface area contributed by atoms with E-state index in [-0.39, 0.29) is 55.0 Å². The summed E-state index contributed by atoms with van der Waals surface area (Å²) in [5.41, 5.74) is -0.490. The molecule has 12 heteroatoms. The van der Waals surface area contributed by atoms with Crippen LogP contribution >= 0.6 is 11.6 Å². The molecule has 0 radical (unpaired) electrons. The molecule has 0 bridgehead atoms. The second-order valence-electron chi connectivity index (χ2n) is 8.71. The molecule has 3 aliphatic rings. The Bertz CT molecular complexity index is 1100. The summed E-state index contributed by atoms with van der Waals surface area (Å²) in [6, 6.07) is -0.0855. The Morgan fingerprint density at radius 1 is 1.33 bits per heavy atom. The van der Waals surface area contributed by atoms with Gasteiger partial charge in [0.1, 0.15) is 17.9 Å². The van der Waals surface area contributed by atoms with Gasteiger partial charge in [0.2, 0.25) is 0 Å². The van der Waals surface area contributed by atoms with Gasteiger partial charge in [0.25, 0.3) is 6.08 Å². The first kappa shape index (κ1) is 22.6. The number of aromatic nitrogens is 3. The zero-order valence-corrected chi connectivity index (χ0v) is 18.5. The van der Waals surface area contributed by atoms with E-state index in [4.69, 9.17) is 21.1 Å². The maximum absolute atomic E-state index is 14.8. The molecule has 5 rings (SSSR count). The van der Waals surface area contributed by atoms with E-state index in [2.05, 4.69) is 15.0 Å². The highest BCUT2D eigenvalue weighted by atomic mass is 35.5. The zero-order valence-electron chi connectivity index (χ0n) is 17.7. The van der Waals surface area contributed by atoms with Gasteiger partial charge in [-0.05, 0) is 25.8 Å². The Kier molecular flexibility index (Phi) is 6.06. The monoisotopic (exact) mass is 485 g/mol. The summed E-state index contributed by atoms with van der Waals surface area (Å²) in [4.78, 5) is 16.4. The molecular weight excluding hydrogens is 463 g/mol. The largest absolute Gasteiger partial charge is 0.461 e. The highest BCUT2D eigenvalue weighted by Crippen LogP contribution is 2.43. The number of aliphatic hydroxyl groups is 1. The van der Waals surface area contributed by atoms with Crippen molar-refractivity contribution in [3.05, 3.63) is 28.8 Å². The van der Waals surface area contributed by atoms with Crippen molar-refractivity contribution in [3.8, 4) is 6.01 Å². The Balaban J connectivity index is 1.49. The number of fused-ring (bicyclic) bond motifs is 2. The van der Waals surface area contributed by atoms with Gasteiger partial charge in [-0.2, -0.15) is 18.7 Å². The van der Waals surface area contributed by atoms with Crippen molar-refractivity contribution in [2.24, 2.45) is 0 Å². The van der Waals surface area contributed by atoms with E-state index >= 15 is 0 Å². The third-order valence-corrected chi connectivity index (χ3v) is 6.81. The Morgan fingerprint density at radius 3 is 3.00 bits per heavy atom. The first-order chi connectivity index (χ1) is 15.9. The number of ether oxygens (including phenoxy) is 2. The third kappa shape index (κ3) is 4.23. The molecule has 8 nitrogen and oxygen atoms in total. The maximum Gasteiger partial charge on any atom is 0.319 e. The lowest BCUT2D eigenvalue weighted by Gasteiger charge is -2.31. The van der Waals surface area contributed by atoms with Gasteiger partial charge in [-0.1, -0.05) is 11.6 Å². The van der Waals surface area contributed by atoms with Gasteiger partial charge in [0.15, 0.2) is 11.0 Å². The van der Waals surface area contributed by atoms with Crippen molar-refractivity contribution < 1.29 is 27.8 Å². The van der Waals surface area contributed by atoms with Crippen molar-refractivity contribution in [1.29, 1.82) is 0 Å².